The van der Waals surface area contributed by atoms with E-state index in [9.17, 15) is 8.42 Å². The maximum absolute atomic E-state index is 12.1. The van der Waals surface area contributed by atoms with Crippen LogP contribution < -0.4 is 4.74 Å². The molecule has 0 radical (unpaired) electrons. The van der Waals surface area contributed by atoms with Gasteiger partial charge in [-0.1, -0.05) is 11.6 Å². The Morgan fingerprint density at radius 3 is 2.56 bits per heavy atom. The minimum absolute atomic E-state index is 0.370. The molecule has 0 amide bonds. The van der Waals surface area contributed by atoms with E-state index < -0.39 is 10.2 Å². The zero-order valence-corrected chi connectivity index (χ0v) is 11.8. The Hall–Kier alpha value is -1.24. The van der Waals surface area contributed by atoms with E-state index in [1.807, 2.05) is 0 Å². The third-order valence-corrected chi connectivity index (χ3v) is 4.66. The van der Waals surface area contributed by atoms with E-state index in [2.05, 4.69) is 0 Å². The van der Waals surface area contributed by atoms with Crippen molar-refractivity contribution in [1.29, 1.82) is 0 Å². The molecule has 0 saturated carbocycles. The molecule has 5 nitrogen and oxygen atoms in total. The molecule has 0 spiro atoms. The molecule has 7 heteroatoms. The largest absolute Gasteiger partial charge is 0.497 e. The van der Waals surface area contributed by atoms with Crippen LogP contribution in [0.15, 0.2) is 24.4 Å². The summed E-state index contributed by atoms with van der Waals surface area (Å²) in [6, 6.07) is 5.07. The van der Waals surface area contributed by atoms with Crippen molar-refractivity contribution in [2.24, 2.45) is 0 Å². The van der Waals surface area contributed by atoms with Gasteiger partial charge < -0.3 is 4.74 Å². The molecule has 0 aliphatic rings. The van der Waals surface area contributed by atoms with Crippen LogP contribution in [0.4, 0.5) is 0 Å². The fourth-order valence-electron chi connectivity index (χ4n) is 1.63. The standard InChI is InChI=1S/C11H13ClN2O3S/c1-13(2)18(15,16)14-7-10(12)9-6-8(17-3)4-5-11(9)14/h4-7H,1-3H3. The van der Waals surface area contributed by atoms with Crippen LogP contribution in [0.2, 0.25) is 5.02 Å². The predicted molar refractivity (Wildman–Crippen MR) is 71.5 cm³/mol. The maximum Gasteiger partial charge on any atom is 0.307 e. The summed E-state index contributed by atoms with van der Waals surface area (Å²) in [5, 5.41) is 1.01. The lowest BCUT2D eigenvalue weighted by Crippen LogP contribution is -2.28. The number of benzene rings is 1. The van der Waals surface area contributed by atoms with Crippen LogP contribution in [0.25, 0.3) is 10.9 Å². The Morgan fingerprint density at radius 2 is 2.00 bits per heavy atom. The summed E-state index contributed by atoms with van der Waals surface area (Å²) in [4.78, 5) is 0. The van der Waals surface area contributed by atoms with E-state index in [4.69, 9.17) is 16.3 Å². The zero-order chi connectivity index (χ0) is 13.5. The number of nitrogens with zero attached hydrogens (tertiary/aromatic N) is 2. The van der Waals surface area contributed by atoms with Crippen LogP contribution in [-0.4, -0.2) is 37.9 Å². The molecule has 18 heavy (non-hydrogen) atoms. The highest BCUT2D eigenvalue weighted by atomic mass is 35.5. The fourth-order valence-corrected chi connectivity index (χ4v) is 2.94. The molecule has 0 fully saturated rings. The monoisotopic (exact) mass is 288 g/mol. The predicted octanol–water partition coefficient (Wildman–Crippen LogP) is 1.96. The summed E-state index contributed by atoms with van der Waals surface area (Å²) in [5.41, 5.74) is 0.523. The number of halogens is 1. The molecular weight excluding hydrogens is 276 g/mol. The normalized spacial score (nSPS) is 12.3. The second-order valence-electron chi connectivity index (χ2n) is 3.95. The molecule has 98 valence electrons. The molecule has 0 atom stereocenters. The highest BCUT2D eigenvalue weighted by Crippen LogP contribution is 2.30. The topological polar surface area (TPSA) is 51.5 Å². The van der Waals surface area contributed by atoms with Crippen LogP contribution in [-0.2, 0) is 10.2 Å². The number of fused-ring (bicyclic) bond motifs is 1. The van der Waals surface area contributed by atoms with E-state index in [1.54, 1.807) is 25.3 Å². The molecule has 0 bridgehead atoms. The summed E-state index contributed by atoms with van der Waals surface area (Å²) >= 11 is 6.06. The second kappa shape index (κ2) is 4.46. The lowest BCUT2D eigenvalue weighted by molar-refractivity contribution is 0.415. The Kier molecular flexibility index (Phi) is 3.27. The van der Waals surface area contributed by atoms with Gasteiger partial charge in [0.15, 0.2) is 0 Å². The van der Waals surface area contributed by atoms with Gasteiger partial charge in [0.2, 0.25) is 0 Å². The smallest absolute Gasteiger partial charge is 0.307 e. The highest BCUT2D eigenvalue weighted by molar-refractivity contribution is 7.87. The third kappa shape index (κ3) is 1.96. The number of hydrogen-bond acceptors (Lipinski definition) is 3. The van der Waals surface area contributed by atoms with Gasteiger partial charge in [-0.15, -0.1) is 0 Å². The third-order valence-electron chi connectivity index (χ3n) is 2.64. The van der Waals surface area contributed by atoms with Gasteiger partial charge in [-0.3, -0.25) is 0 Å². The molecular formula is C11H13ClN2O3S. The van der Waals surface area contributed by atoms with Gasteiger partial charge in [0.25, 0.3) is 0 Å². The summed E-state index contributed by atoms with van der Waals surface area (Å²) in [5.74, 6) is 0.629. The van der Waals surface area contributed by atoms with Crippen molar-refractivity contribution >= 4 is 32.7 Å². The van der Waals surface area contributed by atoms with E-state index in [0.29, 0.717) is 21.7 Å². The Labute approximate surface area is 111 Å². The number of methoxy groups -OCH3 is 1. The van der Waals surface area contributed by atoms with Crippen molar-refractivity contribution in [3.8, 4) is 5.75 Å². The van der Waals surface area contributed by atoms with Gasteiger partial charge in [-0.25, -0.2) is 3.97 Å². The number of hydrogen-bond donors (Lipinski definition) is 0. The lowest BCUT2D eigenvalue weighted by Gasteiger charge is -2.13. The molecule has 1 aromatic carbocycles. The minimum atomic E-state index is -3.58. The molecule has 0 aliphatic carbocycles. The fraction of sp³-hybridized carbons (Fsp3) is 0.273. The van der Waals surface area contributed by atoms with Crippen molar-refractivity contribution in [2.45, 2.75) is 0 Å². The number of rotatable bonds is 3. The maximum atomic E-state index is 12.1. The Morgan fingerprint density at radius 1 is 1.33 bits per heavy atom. The number of ether oxygens (including phenoxy) is 1. The summed E-state index contributed by atoms with van der Waals surface area (Å²) in [6.07, 6.45) is 1.39. The first-order valence-electron chi connectivity index (χ1n) is 5.15. The Balaban J connectivity index is 2.76. The summed E-state index contributed by atoms with van der Waals surface area (Å²) in [6.45, 7) is 0. The van der Waals surface area contributed by atoms with Crippen molar-refractivity contribution in [1.82, 2.24) is 8.28 Å². The lowest BCUT2D eigenvalue weighted by atomic mass is 10.2. The van der Waals surface area contributed by atoms with Crippen molar-refractivity contribution in [2.75, 3.05) is 21.2 Å². The molecule has 1 aromatic heterocycles. The molecule has 2 rings (SSSR count). The van der Waals surface area contributed by atoms with E-state index in [0.717, 1.165) is 8.28 Å². The van der Waals surface area contributed by atoms with Gasteiger partial charge in [0.1, 0.15) is 5.75 Å². The molecule has 0 N–H and O–H groups in total. The zero-order valence-electron chi connectivity index (χ0n) is 10.2. The first-order valence-corrected chi connectivity index (χ1v) is 6.93. The number of aromatic nitrogens is 1. The van der Waals surface area contributed by atoms with Crippen LogP contribution in [0, 0.1) is 0 Å². The van der Waals surface area contributed by atoms with Gasteiger partial charge in [0, 0.05) is 25.7 Å². The molecule has 0 saturated heterocycles. The second-order valence-corrected chi connectivity index (χ2v) is 6.37. The van der Waals surface area contributed by atoms with E-state index in [1.165, 1.54) is 20.3 Å². The van der Waals surface area contributed by atoms with Crippen LogP contribution in [0.5, 0.6) is 5.75 Å². The summed E-state index contributed by atoms with van der Waals surface area (Å²) < 4.78 is 31.6. The average molecular weight is 289 g/mol. The van der Waals surface area contributed by atoms with Crippen LogP contribution in [0.1, 0.15) is 0 Å². The van der Waals surface area contributed by atoms with Gasteiger partial charge in [0.05, 0.1) is 17.6 Å². The quantitative estimate of drug-likeness (QED) is 0.867. The SMILES string of the molecule is COc1ccc2c(c1)c(Cl)cn2S(=O)(=O)N(C)C. The van der Waals surface area contributed by atoms with Crippen molar-refractivity contribution in [3.05, 3.63) is 29.4 Å². The van der Waals surface area contributed by atoms with Crippen LogP contribution >= 0.6 is 11.6 Å². The van der Waals surface area contributed by atoms with Gasteiger partial charge in [-0.05, 0) is 18.2 Å². The van der Waals surface area contributed by atoms with Crippen LogP contribution in [0.3, 0.4) is 0 Å². The van der Waals surface area contributed by atoms with Crippen molar-refractivity contribution < 1.29 is 13.2 Å². The van der Waals surface area contributed by atoms with E-state index in [-0.39, 0.29) is 0 Å². The minimum Gasteiger partial charge on any atom is -0.497 e. The van der Waals surface area contributed by atoms with E-state index >= 15 is 0 Å². The first-order chi connectivity index (χ1) is 8.37. The Bertz CT molecular complexity index is 692. The molecule has 1 heterocycles. The highest BCUT2D eigenvalue weighted by Gasteiger charge is 2.20. The van der Waals surface area contributed by atoms with Gasteiger partial charge in [-0.2, -0.15) is 12.7 Å². The molecule has 0 aliphatic heterocycles. The first kappa shape index (κ1) is 13.2. The molecule has 0 unspecified atom stereocenters. The van der Waals surface area contributed by atoms with Gasteiger partial charge >= 0.3 is 10.2 Å². The summed E-state index contributed by atoms with van der Waals surface area (Å²) in [7, 11) is 0.908. The average Bonchev–Trinajstić information content (AvgIpc) is 2.66. The van der Waals surface area contributed by atoms with Crippen molar-refractivity contribution in [3.63, 3.8) is 0 Å². The molecule has 2 aromatic rings.